The largest absolute Gasteiger partial charge is 0.303 e. The van der Waals surface area contributed by atoms with Crippen molar-refractivity contribution < 1.29 is 9.72 Å². The predicted molar refractivity (Wildman–Crippen MR) is 78.6 cm³/mol. The lowest BCUT2D eigenvalue weighted by Gasteiger charge is -2.02. The van der Waals surface area contributed by atoms with E-state index in [1.54, 1.807) is 26.1 Å². The Hall–Kier alpha value is -3.23. The molecule has 2 aromatic heterocycles. The van der Waals surface area contributed by atoms with Crippen LogP contribution >= 0.6 is 0 Å². The molecule has 0 aliphatic rings. The Morgan fingerprint density at radius 1 is 1.41 bits per heavy atom. The van der Waals surface area contributed by atoms with Gasteiger partial charge in [-0.3, -0.25) is 24.7 Å². The molecule has 0 radical (unpaired) electrons. The van der Waals surface area contributed by atoms with Crippen LogP contribution in [0.1, 0.15) is 16.2 Å². The number of nitrogens with one attached hydrogen (secondary N) is 2. The first-order valence-electron chi connectivity index (χ1n) is 6.40. The minimum Gasteiger partial charge on any atom is -0.303 e. The van der Waals surface area contributed by atoms with Crippen LogP contribution in [-0.4, -0.2) is 30.8 Å². The lowest BCUT2D eigenvalue weighted by Crippen LogP contribution is -2.16. The molecule has 0 saturated carbocycles. The minimum atomic E-state index is -0.498. The van der Waals surface area contributed by atoms with Crippen LogP contribution in [0.4, 0.5) is 11.5 Å². The Morgan fingerprint density at radius 3 is 2.82 bits per heavy atom. The zero-order valence-corrected chi connectivity index (χ0v) is 11.8. The van der Waals surface area contributed by atoms with Gasteiger partial charge in [0.05, 0.1) is 21.5 Å². The van der Waals surface area contributed by atoms with Gasteiger partial charge in [0.1, 0.15) is 5.69 Å². The first-order chi connectivity index (χ1) is 10.5. The second-order valence-corrected chi connectivity index (χ2v) is 4.81. The number of fused-ring (bicyclic) bond motifs is 1. The number of aromatic amines is 1. The molecule has 1 amide bonds. The molecule has 9 nitrogen and oxygen atoms in total. The Labute approximate surface area is 124 Å². The van der Waals surface area contributed by atoms with Crippen LogP contribution in [0.2, 0.25) is 0 Å². The maximum Gasteiger partial charge on any atom is 0.275 e. The SMILES string of the molecule is Cc1cc(C(=O)Nc2n[nH]c3ccc([N+](=O)[O-])cc23)n(C)n1. The topological polar surface area (TPSA) is 119 Å². The number of hydrogen-bond donors (Lipinski definition) is 2. The molecule has 0 aliphatic carbocycles. The van der Waals surface area contributed by atoms with Gasteiger partial charge in [0.15, 0.2) is 5.82 Å². The summed E-state index contributed by atoms with van der Waals surface area (Å²) in [5.74, 6) is -0.148. The lowest BCUT2D eigenvalue weighted by atomic mass is 10.2. The third kappa shape index (κ3) is 2.28. The summed E-state index contributed by atoms with van der Waals surface area (Å²) in [6.45, 7) is 1.78. The average molecular weight is 300 g/mol. The average Bonchev–Trinajstić information content (AvgIpc) is 3.01. The number of aryl methyl sites for hydroxylation is 2. The first kappa shape index (κ1) is 13.7. The molecule has 2 heterocycles. The van der Waals surface area contributed by atoms with E-state index < -0.39 is 4.92 Å². The highest BCUT2D eigenvalue weighted by molar-refractivity contribution is 6.07. The molecule has 0 aliphatic heterocycles. The maximum atomic E-state index is 12.2. The summed E-state index contributed by atoms with van der Waals surface area (Å²) in [6.07, 6.45) is 0. The van der Waals surface area contributed by atoms with Crippen LogP contribution in [0.5, 0.6) is 0 Å². The van der Waals surface area contributed by atoms with Crippen LogP contribution in [0, 0.1) is 17.0 Å². The van der Waals surface area contributed by atoms with Crippen molar-refractivity contribution in [3.05, 3.63) is 45.8 Å². The molecule has 0 atom stereocenters. The number of non-ortho nitro benzene ring substituents is 1. The van der Waals surface area contributed by atoms with Crippen LogP contribution in [-0.2, 0) is 7.05 Å². The van der Waals surface area contributed by atoms with Crippen molar-refractivity contribution in [3.63, 3.8) is 0 Å². The summed E-state index contributed by atoms with van der Waals surface area (Å²) >= 11 is 0. The fourth-order valence-corrected chi connectivity index (χ4v) is 2.21. The van der Waals surface area contributed by atoms with Gasteiger partial charge in [0.2, 0.25) is 0 Å². The van der Waals surface area contributed by atoms with Crippen molar-refractivity contribution in [1.82, 2.24) is 20.0 Å². The molecule has 9 heteroatoms. The normalized spacial score (nSPS) is 10.8. The molecule has 0 bridgehead atoms. The van der Waals surface area contributed by atoms with E-state index in [2.05, 4.69) is 20.6 Å². The third-order valence-corrected chi connectivity index (χ3v) is 3.22. The van der Waals surface area contributed by atoms with E-state index in [1.807, 2.05) is 0 Å². The van der Waals surface area contributed by atoms with Gasteiger partial charge in [-0.05, 0) is 19.1 Å². The highest BCUT2D eigenvalue weighted by Gasteiger charge is 2.17. The van der Waals surface area contributed by atoms with Crippen molar-refractivity contribution in [2.24, 2.45) is 7.05 Å². The summed E-state index contributed by atoms with van der Waals surface area (Å²) in [7, 11) is 1.66. The van der Waals surface area contributed by atoms with E-state index in [1.165, 1.54) is 16.8 Å². The first-order valence-corrected chi connectivity index (χ1v) is 6.40. The van der Waals surface area contributed by atoms with Gasteiger partial charge in [-0.1, -0.05) is 0 Å². The Morgan fingerprint density at radius 2 is 2.18 bits per heavy atom. The Bertz CT molecular complexity index is 894. The molecule has 2 N–H and O–H groups in total. The molecule has 3 rings (SSSR count). The molecule has 0 saturated heterocycles. The number of nitro groups is 1. The smallest absolute Gasteiger partial charge is 0.275 e. The molecule has 0 unspecified atom stereocenters. The van der Waals surface area contributed by atoms with Gasteiger partial charge >= 0.3 is 0 Å². The maximum absolute atomic E-state index is 12.2. The van der Waals surface area contributed by atoms with Gasteiger partial charge in [0.25, 0.3) is 11.6 Å². The zero-order valence-electron chi connectivity index (χ0n) is 11.8. The molecule has 22 heavy (non-hydrogen) atoms. The predicted octanol–water partition coefficient (Wildman–Crippen LogP) is 1.77. The fraction of sp³-hybridized carbons (Fsp3) is 0.154. The van der Waals surface area contributed by atoms with Crippen molar-refractivity contribution >= 4 is 28.3 Å². The molecule has 3 aromatic rings. The number of anilines is 1. The number of nitrogens with zero attached hydrogens (tertiary/aromatic N) is 4. The van der Waals surface area contributed by atoms with Crippen LogP contribution < -0.4 is 5.32 Å². The lowest BCUT2D eigenvalue weighted by molar-refractivity contribution is -0.384. The monoisotopic (exact) mass is 300 g/mol. The number of aromatic nitrogens is 4. The van der Waals surface area contributed by atoms with E-state index >= 15 is 0 Å². The second kappa shape index (κ2) is 4.95. The van der Waals surface area contributed by atoms with Gasteiger partial charge in [0, 0.05) is 19.2 Å². The molecular weight excluding hydrogens is 288 g/mol. The minimum absolute atomic E-state index is 0.0687. The van der Waals surface area contributed by atoms with Crippen molar-refractivity contribution in [2.75, 3.05) is 5.32 Å². The number of benzene rings is 1. The Balaban J connectivity index is 1.96. The summed E-state index contributed by atoms with van der Waals surface area (Å²) in [5, 5.41) is 24.8. The van der Waals surface area contributed by atoms with E-state index in [0.29, 0.717) is 16.6 Å². The summed E-state index contributed by atoms with van der Waals surface area (Å²) in [6, 6.07) is 5.93. The van der Waals surface area contributed by atoms with Gasteiger partial charge < -0.3 is 5.32 Å². The summed E-state index contributed by atoms with van der Waals surface area (Å²) < 4.78 is 1.46. The number of H-pyrrole nitrogens is 1. The quantitative estimate of drug-likeness (QED) is 0.564. The van der Waals surface area contributed by atoms with E-state index in [0.717, 1.165) is 5.69 Å². The summed E-state index contributed by atoms with van der Waals surface area (Å²) in [5.41, 5.74) is 1.62. The van der Waals surface area contributed by atoms with Crippen molar-refractivity contribution in [1.29, 1.82) is 0 Å². The highest BCUT2D eigenvalue weighted by Crippen LogP contribution is 2.25. The zero-order chi connectivity index (χ0) is 15.9. The molecule has 1 aromatic carbocycles. The molecule has 0 fully saturated rings. The second-order valence-electron chi connectivity index (χ2n) is 4.81. The van der Waals surface area contributed by atoms with Crippen LogP contribution in [0.3, 0.4) is 0 Å². The highest BCUT2D eigenvalue weighted by atomic mass is 16.6. The van der Waals surface area contributed by atoms with E-state index in [-0.39, 0.29) is 17.4 Å². The fourth-order valence-electron chi connectivity index (χ4n) is 2.21. The van der Waals surface area contributed by atoms with Gasteiger partial charge in [-0.2, -0.15) is 10.2 Å². The van der Waals surface area contributed by atoms with E-state index in [9.17, 15) is 14.9 Å². The molecule has 112 valence electrons. The van der Waals surface area contributed by atoms with Crippen LogP contribution in [0.25, 0.3) is 10.9 Å². The molecular formula is C13H12N6O3. The Kier molecular flexibility index (Phi) is 3.09. The van der Waals surface area contributed by atoms with Crippen LogP contribution in [0.15, 0.2) is 24.3 Å². The molecule has 0 spiro atoms. The number of carbonyl (C=O) groups is 1. The number of hydrogen-bond acceptors (Lipinski definition) is 5. The van der Waals surface area contributed by atoms with E-state index in [4.69, 9.17) is 0 Å². The number of nitro benzene ring substituents is 1. The van der Waals surface area contributed by atoms with Gasteiger partial charge in [-0.25, -0.2) is 0 Å². The van der Waals surface area contributed by atoms with Gasteiger partial charge in [-0.15, -0.1) is 0 Å². The third-order valence-electron chi connectivity index (χ3n) is 3.22. The standard InChI is InChI=1S/C13H12N6O3/c1-7-5-11(18(2)17-7)13(20)14-12-9-6-8(19(21)22)3-4-10(9)15-16-12/h3-6H,1-2H3,(H2,14,15,16,20). The number of rotatable bonds is 3. The number of carbonyl (C=O) groups excluding carboxylic acids is 1. The summed E-state index contributed by atoms with van der Waals surface area (Å²) in [4.78, 5) is 22.6. The van der Waals surface area contributed by atoms with Crippen molar-refractivity contribution in [3.8, 4) is 0 Å². The van der Waals surface area contributed by atoms with Crippen molar-refractivity contribution in [2.45, 2.75) is 6.92 Å². The number of amides is 1.